The van der Waals surface area contributed by atoms with Gasteiger partial charge in [-0.25, -0.2) is 9.97 Å². The highest BCUT2D eigenvalue weighted by atomic mass is 32.2. The Hall–Kier alpha value is -2.45. The van der Waals surface area contributed by atoms with Crippen molar-refractivity contribution in [3.05, 3.63) is 47.6 Å². The molecule has 3 aromatic rings. The fourth-order valence-corrected chi connectivity index (χ4v) is 4.95. The largest absolute Gasteiger partial charge is 0.452 e. The van der Waals surface area contributed by atoms with E-state index in [1.54, 1.807) is 11.8 Å². The maximum absolute atomic E-state index is 12.9. The molecule has 8 heteroatoms. The van der Waals surface area contributed by atoms with E-state index in [0.29, 0.717) is 0 Å². The average Bonchev–Trinajstić information content (AvgIpc) is 3.29. The molecule has 0 N–H and O–H groups in total. The van der Waals surface area contributed by atoms with Crippen LogP contribution in [0.3, 0.4) is 0 Å². The van der Waals surface area contributed by atoms with Crippen LogP contribution in [0.4, 0.5) is 5.69 Å². The zero-order chi connectivity index (χ0) is 19.7. The number of carbonyl (C=O) groups excluding carboxylic acids is 2. The van der Waals surface area contributed by atoms with Gasteiger partial charge >= 0.3 is 5.97 Å². The van der Waals surface area contributed by atoms with Gasteiger partial charge in [-0.2, -0.15) is 0 Å². The number of fused-ring (bicyclic) bond motifs is 2. The topological polar surface area (TPSA) is 72.4 Å². The molecule has 4 rings (SSSR count). The lowest BCUT2D eigenvalue weighted by Crippen LogP contribution is -2.43. The quantitative estimate of drug-likeness (QED) is 0.361. The molecule has 0 saturated heterocycles. The molecular formula is C20H19N3O3S2. The predicted octanol–water partition coefficient (Wildman–Crippen LogP) is 3.69. The van der Waals surface area contributed by atoms with E-state index in [0.717, 1.165) is 32.9 Å². The highest BCUT2D eigenvalue weighted by molar-refractivity contribution is 8.00. The minimum atomic E-state index is -0.840. The zero-order valence-electron chi connectivity index (χ0n) is 15.5. The van der Waals surface area contributed by atoms with Crippen LogP contribution in [-0.2, 0) is 20.7 Å². The van der Waals surface area contributed by atoms with Crippen LogP contribution in [0.2, 0.25) is 0 Å². The van der Waals surface area contributed by atoms with Gasteiger partial charge < -0.3 is 9.64 Å². The van der Waals surface area contributed by atoms with Gasteiger partial charge in [-0.1, -0.05) is 30.0 Å². The lowest BCUT2D eigenvalue weighted by atomic mass is 10.1. The van der Waals surface area contributed by atoms with E-state index < -0.39 is 12.1 Å². The lowest BCUT2D eigenvalue weighted by Gasteiger charge is -2.25. The molecule has 0 unspecified atom stereocenters. The first-order valence-electron chi connectivity index (χ1n) is 8.96. The van der Waals surface area contributed by atoms with Crippen LogP contribution in [0.1, 0.15) is 19.4 Å². The van der Waals surface area contributed by atoms with Crippen molar-refractivity contribution >= 4 is 50.9 Å². The van der Waals surface area contributed by atoms with Crippen molar-refractivity contribution in [3.63, 3.8) is 0 Å². The maximum Gasteiger partial charge on any atom is 0.317 e. The van der Waals surface area contributed by atoms with E-state index in [9.17, 15) is 9.59 Å². The number of hydrogen-bond acceptors (Lipinski definition) is 7. The van der Waals surface area contributed by atoms with Gasteiger partial charge in [0.05, 0.1) is 5.75 Å². The van der Waals surface area contributed by atoms with Crippen molar-refractivity contribution in [2.75, 3.05) is 10.7 Å². The number of thioether (sulfide) groups is 1. The third-order valence-electron chi connectivity index (χ3n) is 4.65. The number of anilines is 1. The highest BCUT2D eigenvalue weighted by Crippen LogP contribution is 2.32. The summed E-state index contributed by atoms with van der Waals surface area (Å²) in [6.45, 7) is 3.63. The van der Waals surface area contributed by atoms with Crippen LogP contribution in [0, 0.1) is 0 Å². The van der Waals surface area contributed by atoms with Crippen molar-refractivity contribution in [3.8, 4) is 0 Å². The van der Waals surface area contributed by atoms with E-state index >= 15 is 0 Å². The van der Waals surface area contributed by atoms with Crippen molar-refractivity contribution in [2.24, 2.45) is 0 Å². The number of aromatic nitrogens is 2. The van der Waals surface area contributed by atoms with Crippen LogP contribution in [0.25, 0.3) is 10.2 Å². The normalized spacial score (nSPS) is 16.8. The minimum absolute atomic E-state index is 0.0494. The van der Waals surface area contributed by atoms with Gasteiger partial charge in [0.15, 0.2) is 6.10 Å². The van der Waals surface area contributed by atoms with Crippen LogP contribution < -0.4 is 4.90 Å². The summed E-state index contributed by atoms with van der Waals surface area (Å²) in [6.07, 6.45) is 1.46. The third-order valence-corrected chi connectivity index (χ3v) is 6.45. The van der Waals surface area contributed by atoms with Gasteiger partial charge in [0.25, 0.3) is 5.91 Å². The van der Waals surface area contributed by atoms with E-state index in [1.165, 1.54) is 29.4 Å². The first kappa shape index (κ1) is 18.9. The first-order valence-corrected chi connectivity index (χ1v) is 10.8. The molecule has 0 radical (unpaired) electrons. The number of ether oxygens (including phenoxy) is 1. The molecule has 1 amide bonds. The molecule has 0 fully saturated rings. The molecular weight excluding hydrogens is 394 g/mol. The molecule has 0 aliphatic carbocycles. The second kappa shape index (κ2) is 7.89. The Labute approximate surface area is 170 Å². The Balaban J connectivity index is 1.38. The van der Waals surface area contributed by atoms with Crippen LogP contribution in [-0.4, -0.2) is 39.7 Å². The number of esters is 1. The number of nitrogens with zero attached hydrogens (tertiary/aromatic N) is 3. The summed E-state index contributed by atoms with van der Waals surface area (Å²) in [7, 11) is 0. The number of benzene rings is 1. The predicted molar refractivity (Wildman–Crippen MR) is 111 cm³/mol. The molecule has 0 saturated carbocycles. The zero-order valence-corrected chi connectivity index (χ0v) is 17.1. The van der Waals surface area contributed by atoms with Gasteiger partial charge in [-0.05, 0) is 43.3 Å². The van der Waals surface area contributed by atoms with Crippen molar-refractivity contribution in [2.45, 2.75) is 37.4 Å². The molecule has 2 atom stereocenters. The summed E-state index contributed by atoms with van der Waals surface area (Å²) in [5.74, 6) is -0.544. The number of thiophene rings is 1. The average molecular weight is 414 g/mol. The highest BCUT2D eigenvalue weighted by Gasteiger charge is 2.34. The smallest absolute Gasteiger partial charge is 0.317 e. The summed E-state index contributed by atoms with van der Waals surface area (Å²) >= 11 is 2.82. The van der Waals surface area contributed by atoms with Crippen LogP contribution in [0.5, 0.6) is 0 Å². The second-order valence-corrected chi connectivity index (χ2v) is 8.49. The fourth-order valence-electron chi connectivity index (χ4n) is 3.39. The number of para-hydroxylation sites is 1. The Bertz CT molecular complexity index is 1040. The number of rotatable bonds is 5. The summed E-state index contributed by atoms with van der Waals surface area (Å²) in [6, 6.07) is 9.83. The second-order valence-electron chi connectivity index (χ2n) is 6.63. The molecule has 6 nitrogen and oxygen atoms in total. The minimum Gasteiger partial charge on any atom is -0.452 e. The molecule has 1 aromatic carbocycles. The van der Waals surface area contributed by atoms with E-state index in [4.69, 9.17) is 4.74 Å². The van der Waals surface area contributed by atoms with Gasteiger partial charge in [-0.3, -0.25) is 9.59 Å². The van der Waals surface area contributed by atoms with Crippen molar-refractivity contribution in [1.82, 2.24) is 9.97 Å². The molecule has 2 aromatic heterocycles. The van der Waals surface area contributed by atoms with Crippen LogP contribution >= 0.6 is 23.1 Å². The molecule has 1 aliphatic heterocycles. The fraction of sp³-hybridized carbons (Fsp3) is 0.300. The van der Waals surface area contributed by atoms with Crippen molar-refractivity contribution in [1.29, 1.82) is 0 Å². The van der Waals surface area contributed by atoms with Gasteiger partial charge in [-0.15, -0.1) is 11.3 Å². The Morgan fingerprint density at radius 1 is 1.32 bits per heavy atom. The molecule has 0 bridgehead atoms. The molecule has 144 valence electrons. The van der Waals surface area contributed by atoms with E-state index in [2.05, 4.69) is 9.97 Å². The maximum atomic E-state index is 12.9. The standard InChI is InChI=1S/C20H19N3O3S2/c1-12-9-14-5-3-4-6-16(14)23(12)20(25)13(2)26-17(24)10-28-19-15-7-8-27-18(15)21-11-22-19/h3-8,11-13H,9-10H2,1-2H3/t12-,13-/m0/s1. The monoisotopic (exact) mass is 413 g/mol. The number of amides is 1. The Kier molecular flexibility index (Phi) is 5.32. The third kappa shape index (κ3) is 3.62. The van der Waals surface area contributed by atoms with E-state index in [1.807, 2.05) is 42.6 Å². The lowest BCUT2D eigenvalue weighted by molar-refractivity contribution is -0.151. The number of hydrogen-bond donors (Lipinski definition) is 0. The van der Waals surface area contributed by atoms with Gasteiger partial charge in [0.1, 0.15) is 16.2 Å². The first-order chi connectivity index (χ1) is 13.5. The molecule has 28 heavy (non-hydrogen) atoms. The molecule has 0 spiro atoms. The Morgan fingerprint density at radius 3 is 3.00 bits per heavy atom. The van der Waals surface area contributed by atoms with Crippen molar-refractivity contribution < 1.29 is 14.3 Å². The molecule has 1 aliphatic rings. The Morgan fingerprint density at radius 2 is 2.14 bits per heavy atom. The van der Waals surface area contributed by atoms with Gasteiger partial charge in [0.2, 0.25) is 0 Å². The van der Waals surface area contributed by atoms with E-state index in [-0.39, 0.29) is 17.7 Å². The SMILES string of the molecule is C[C@H](OC(=O)CSc1ncnc2sccc12)C(=O)N1c2ccccc2C[C@@H]1C. The summed E-state index contributed by atoms with van der Waals surface area (Å²) in [5.41, 5.74) is 2.04. The van der Waals surface area contributed by atoms with Gasteiger partial charge in [0, 0.05) is 17.1 Å². The number of carbonyl (C=O) groups is 2. The van der Waals surface area contributed by atoms with Crippen LogP contribution in [0.15, 0.2) is 47.1 Å². The molecule has 3 heterocycles. The summed E-state index contributed by atoms with van der Waals surface area (Å²) in [5, 5.41) is 3.61. The summed E-state index contributed by atoms with van der Waals surface area (Å²) in [4.78, 5) is 36.2. The summed E-state index contributed by atoms with van der Waals surface area (Å²) < 4.78 is 5.41.